The lowest BCUT2D eigenvalue weighted by molar-refractivity contribution is -0.139. The van der Waals surface area contributed by atoms with Crippen molar-refractivity contribution >= 4 is 39.3 Å². The van der Waals surface area contributed by atoms with Gasteiger partial charge < -0.3 is 18.9 Å². The van der Waals surface area contributed by atoms with E-state index in [4.69, 9.17) is 24.2 Å². The lowest BCUT2D eigenvalue weighted by atomic mass is 9.95. The molecular formula is C28H26BrN3O6S. The predicted molar refractivity (Wildman–Crippen MR) is 150 cm³/mol. The molecule has 202 valence electrons. The molecule has 11 heteroatoms. The molecule has 0 bridgehead atoms. The number of hydrogen-bond acceptors (Lipinski definition) is 9. The van der Waals surface area contributed by atoms with E-state index in [0.29, 0.717) is 48.9 Å². The first-order valence-corrected chi connectivity index (χ1v) is 13.7. The average Bonchev–Trinajstić information content (AvgIpc) is 3.22. The van der Waals surface area contributed by atoms with Crippen molar-refractivity contribution in [3.05, 3.63) is 83.0 Å². The molecule has 1 atom stereocenters. The molecule has 0 saturated carbocycles. The molecule has 1 aromatic heterocycles. The summed E-state index contributed by atoms with van der Waals surface area (Å²) in [5.74, 6) is 1.00. The number of nitriles is 1. The molecule has 0 unspecified atom stereocenters. The highest BCUT2D eigenvalue weighted by Gasteiger charge is 2.35. The lowest BCUT2D eigenvalue weighted by Gasteiger charge is -2.26. The second-order valence-electron chi connectivity index (χ2n) is 8.28. The highest BCUT2D eigenvalue weighted by molar-refractivity contribution is 9.10. The molecule has 39 heavy (non-hydrogen) atoms. The third-order valence-electron chi connectivity index (χ3n) is 5.88. The van der Waals surface area contributed by atoms with Crippen LogP contribution in [0.5, 0.6) is 17.2 Å². The summed E-state index contributed by atoms with van der Waals surface area (Å²) in [4.78, 5) is 32.1. The van der Waals surface area contributed by atoms with E-state index in [9.17, 15) is 9.59 Å². The Hall–Kier alpha value is -3.88. The third-order valence-corrected chi connectivity index (χ3v) is 7.55. The molecule has 4 rings (SSSR count). The summed E-state index contributed by atoms with van der Waals surface area (Å²) >= 11 is 4.85. The molecule has 0 fully saturated rings. The zero-order chi connectivity index (χ0) is 28.1. The summed E-state index contributed by atoms with van der Waals surface area (Å²) in [6.07, 6.45) is 1.76. The number of carbonyl (C=O) groups excluding carboxylic acids is 1. The summed E-state index contributed by atoms with van der Waals surface area (Å²) in [6.45, 7) is 5.90. The van der Waals surface area contributed by atoms with Crippen LogP contribution in [0.15, 0.2) is 61.9 Å². The van der Waals surface area contributed by atoms with E-state index < -0.39 is 12.0 Å². The molecule has 3 aromatic rings. The molecule has 0 aliphatic carbocycles. The van der Waals surface area contributed by atoms with Crippen molar-refractivity contribution in [2.24, 2.45) is 4.99 Å². The summed E-state index contributed by atoms with van der Waals surface area (Å²) in [5, 5.41) is 8.70. The number of hydrogen-bond donors (Lipinski definition) is 0. The van der Waals surface area contributed by atoms with Gasteiger partial charge in [0, 0.05) is 4.47 Å². The first kappa shape index (κ1) is 28.1. The minimum absolute atomic E-state index is 0.0496. The van der Waals surface area contributed by atoms with Gasteiger partial charge in [-0.2, -0.15) is 5.26 Å². The highest BCUT2D eigenvalue weighted by Crippen LogP contribution is 2.41. The van der Waals surface area contributed by atoms with E-state index in [2.05, 4.69) is 20.9 Å². The minimum atomic E-state index is -0.817. The molecule has 2 aromatic carbocycles. The smallest absolute Gasteiger partial charge is 0.338 e. The van der Waals surface area contributed by atoms with Gasteiger partial charge in [-0.25, -0.2) is 9.79 Å². The maximum absolute atomic E-state index is 13.9. The molecular weight excluding hydrogens is 586 g/mol. The van der Waals surface area contributed by atoms with E-state index in [1.165, 1.54) is 23.0 Å². The van der Waals surface area contributed by atoms with Gasteiger partial charge in [-0.05, 0) is 62.2 Å². The zero-order valence-electron chi connectivity index (χ0n) is 21.8. The van der Waals surface area contributed by atoms with E-state index in [-0.39, 0.29) is 24.3 Å². The summed E-state index contributed by atoms with van der Waals surface area (Å²) in [5.41, 5.74) is 1.82. The number of benzene rings is 2. The fourth-order valence-electron chi connectivity index (χ4n) is 4.20. The summed E-state index contributed by atoms with van der Waals surface area (Å²) in [6, 6.07) is 11.7. The van der Waals surface area contributed by atoms with Crippen LogP contribution in [-0.4, -0.2) is 37.5 Å². The Morgan fingerprint density at radius 1 is 1.18 bits per heavy atom. The first-order valence-electron chi connectivity index (χ1n) is 12.1. The quantitative estimate of drug-likeness (QED) is 0.338. The fourth-order valence-corrected chi connectivity index (χ4v) is 5.79. The van der Waals surface area contributed by atoms with Gasteiger partial charge in [0.1, 0.15) is 11.8 Å². The molecule has 1 aliphatic heterocycles. The van der Waals surface area contributed by atoms with E-state index >= 15 is 0 Å². The van der Waals surface area contributed by atoms with Crippen LogP contribution in [0.25, 0.3) is 6.08 Å². The van der Waals surface area contributed by atoms with Crippen molar-refractivity contribution in [2.45, 2.75) is 26.8 Å². The van der Waals surface area contributed by atoms with Gasteiger partial charge in [0.25, 0.3) is 5.56 Å². The number of aromatic nitrogens is 1. The largest absolute Gasteiger partial charge is 0.493 e. The van der Waals surface area contributed by atoms with Crippen molar-refractivity contribution in [1.82, 2.24) is 4.57 Å². The molecule has 9 nitrogen and oxygen atoms in total. The molecule has 0 N–H and O–H groups in total. The maximum Gasteiger partial charge on any atom is 0.338 e. The number of allylic oxidation sites excluding steroid dienone is 1. The average molecular weight is 613 g/mol. The van der Waals surface area contributed by atoms with Gasteiger partial charge in [0.2, 0.25) is 0 Å². The Labute approximate surface area is 237 Å². The van der Waals surface area contributed by atoms with Crippen LogP contribution in [0.2, 0.25) is 0 Å². The molecule has 0 saturated heterocycles. The molecule has 0 spiro atoms. The van der Waals surface area contributed by atoms with E-state index in [0.717, 1.165) is 5.56 Å². The minimum Gasteiger partial charge on any atom is -0.493 e. The van der Waals surface area contributed by atoms with Gasteiger partial charge in [0.15, 0.2) is 22.9 Å². The SMILES string of the molecule is CCOC(=O)C1=C(C)N=c2s/c(=C/c3ccc(OCC#N)cc3)c(=O)n2[C@@H]1c1cc(OC)c(OCC)cc1Br. The second-order valence-corrected chi connectivity index (χ2v) is 10.1. The number of esters is 1. The third kappa shape index (κ3) is 5.77. The van der Waals surface area contributed by atoms with Crippen LogP contribution < -0.4 is 29.1 Å². The fraction of sp³-hybridized carbons (Fsp3) is 0.286. The number of thiazole rings is 1. The number of rotatable bonds is 9. The van der Waals surface area contributed by atoms with Crippen molar-refractivity contribution in [1.29, 1.82) is 5.26 Å². The second kappa shape index (κ2) is 12.3. The standard InChI is InChI=1S/C28H26BrN3O6S/c1-5-36-22-15-20(29)19(14-21(22)35-4)25-24(27(34)37-6-2)16(3)31-28-32(25)26(33)23(39-28)13-17-7-9-18(10-8-17)38-12-11-30/h7-10,13-15,25H,5-6,12H2,1-4H3/b23-13+/t25-/m1/s1. The molecule has 1 aliphatic rings. The zero-order valence-corrected chi connectivity index (χ0v) is 24.2. The van der Waals surface area contributed by atoms with Crippen molar-refractivity contribution in [3.63, 3.8) is 0 Å². The van der Waals surface area contributed by atoms with Crippen molar-refractivity contribution in [2.75, 3.05) is 26.9 Å². The Balaban J connectivity index is 1.91. The van der Waals surface area contributed by atoms with E-state index in [1.54, 1.807) is 56.3 Å². The number of ether oxygens (including phenoxy) is 4. The topological polar surface area (TPSA) is 112 Å². The Kier molecular flexibility index (Phi) is 8.89. The van der Waals surface area contributed by atoms with E-state index in [1.807, 2.05) is 13.0 Å². The lowest BCUT2D eigenvalue weighted by Crippen LogP contribution is -2.40. The van der Waals surface area contributed by atoms with Crippen LogP contribution in [0.3, 0.4) is 0 Å². The van der Waals surface area contributed by atoms with Crippen LogP contribution in [0, 0.1) is 11.3 Å². The highest BCUT2D eigenvalue weighted by atomic mass is 79.9. The summed E-state index contributed by atoms with van der Waals surface area (Å²) in [7, 11) is 1.53. The van der Waals surface area contributed by atoms with Gasteiger partial charge in [0.05, 0.1) is 42.2 Å². The van der Waals surface area contributed by atoms with Crippen LogP contribution >= 0.6 is 27.3 Å². The monoisotopic (exact) mass is 611 g/mol. The van der Waals surface area contributed by atoms with Crippen molar-refractivity contribution < 1.29 is 23.7 Å². The molecule has 0 amide bonds. The van der Waals surface area contributed by atoms with Crippen molar-refractivity contribution in [3.8, 4) is 23.3 Å². The van der Waals surface area contributed by atoms with Gasteiger partial charge in [-0.15, -0.1) is 0 Å². The molecule has 0 radical (unpaired) electrons. The van der Waals surface area contributed by atoms with Crippen LogP contribution in [0.1, 0.15) is 37.9 Å². The molecule has 2 heterocycles. The number of nitrogens with zero attached hydrogens (tertiary/aromatic N) is 3. The van der Waals surface area contributed by atoms with Gasteiger partial charge in [-0.1, -0.05) is 39.4 Å². The Morgan fingerprint density at radius 2 is 1.92 bits per heavy atom. The van der Waals surface area contributed by atoms with Crippen LogP contribution in [0.4, 0.5) is 0 Å². The maximum atomic E-state index is 13.9. The number of methoxy groups -OCH3 is 1. The predicted octanol–water partition coefficient (Wildman–Crippen LogP) is 3.87. The first-order chi connectivity index (χ1) is 18.8. The Bertz CT molecular complexity index is 1650. The number of fused-ring (bicyclic) bond motifs is 1. The number of carbonyl (C=O) groups is 1. The summed E-state index contributed by atoms with van der Waals surface area (Å²) < 4.78 is 24.6. The van der Waals surface area contributed by atoms with Crippen LogP contribution in [-0.2, 0) is 9.53 Å². The van der Waals surface area contributed by atoms with Gasteiger partial charge >= 0.3 is 5.97 Å². The number of halogens is 1. The van der Waals surface area contributed by atoms with Gasteiger partial charge in [-0.3, -0.25) is 9.36 Å². The normalized spacial score (nSPS) is 14.8. The Morgan fingerprint density at radius 3 is 2.56 bits per heavy atom.